The molecule has 0 bridgehead atoms. The van der Waals surface area contributed by atoms with Gasteiger partial charge in [-0.15, -0.1) is 11.6 Å². The summed E-state index contributed by atoms with van der Waals surface area (Å²) in [5.41, 5.74) is 0.607. The lowest BCUT2D eigenvalue weighted by molar-refractivity contribution is -0.139. The second-order valence-corrected chi connectivity index (χ2v) is 3.58. The molecule has 1 aromatic rings. The minimum Gasteiger partial charge on any atom is -0.469 e. The number of hydrogen-bond acceptors (Lipinski definition) is 3. The van der Waals surface area contributed by atoms with E-state index in [1.165, 1.54) is 7.11 Å². The zero-order valence-corrected chi connectivity index (χ0v) is 10.1. The summed E-state index contributed by atoms with van der Waals surface area (Å²) < 4.78 is 45.9. The van der Waals surface area contributed by atoms with Crippen LogP contribution in [-0.2, 0) is 21.8 Å². The Labute approximate surface area is 106 Å². The molecular weight excluding hydrogens is 273 g/mol. The minimum atomic E-state index is -3.13. The fraction of sp³-hybridized carbons (Fsp3) is 0.364. The molecule has 0 radical (unpaired) electrons. The monoisotopic (exact) mass is 282 g/mol. The van der Waals surface area contributed by atoms with E-state index < -0.39 is 24.1 Å². The molecule has 7 heteroatoms. The van der Waals surface area contributed by atoms with E-state index in [2.05, 4.69) is 9.47 Å². The van der Waals surface area contributed by atoms with Crippen LogP contribution in [0.4, 0.5) is 13.2 Å². The SMILES string of the molecule is COC(=O)Cc1cc(F)c(OC(F)F)cc1CCl. The Morgan fingerprint density at radius 2 is 2.06 bits per heavy atom. The van der Waals surface area contributed by atoms with E-state index in [4.69, 9.17) is 11.6 Å². The van der Waals surface area contributed by atoms with Gasteiger partial charge < -0.3 is 9.47 Å². The summed E-state index contributed by atoms with van der Waals surface area (Å²) in [5, 5.41) is 0. The van der Waals surface area contributed by atoms with E-state index in [1.54, 1.807) is 0 Å². The Bertz CT molecular complexity index is 438. The van der Waals surface area contributed by atoms with Crippen molar-refractivity contribution in [2.45, 2.75) is 18.9 Å². The fourth-order valence-corrected chi connectivity index (χ4v) is 1.59. The summed E-state index contributed by atoms with van der Waals surface area (Å²) in [6, 6.07) is 1.99. The molecular formula is C11H10ClF3O3. The number of methoxy groups -OCH3 is 1. The highest BCUT2D eigenvalue weighted by atomic mass is 35.5. The van der Waals surface area contributed by atoms with E-state index in [1.807, 2.05) is 0 Å². The first-order valence-electron chi connectivity index (χ1n) is 4.86. The highest BCUT2D eigenvalue weighted by Gasteiger charge is 2.16. The number of ether oxygens (including phenoxy) is 2. The first kappa shape index (κ1) is 14.6. The van der Waals surface area contributed by atoms with E-state index >= 15 is 0 Å². The molecule has 0 unspecified atom stereocenters. The van der Waals surface area contributed by atoms with Crippen molar-refractivity contribution >= 4 is 17.6 Å². The van der Waals surface area contributed by atoms with Crippen LogP contribution in [0.5, 0.6) is 5.75 Å². The molecule has 0 heterocycles. The minimum absolute atomic E-state index is 0.0633. The number of benzene rings is 1. The van der Waals surface area contributed by atoms with Gasteiger partial charge >= 0.3 is 12.6 Å². The highest BCUT2D eigenvalue weighted by Crippen LogP contribution is 2.25. The zero-order valence-electron chi connectivity index (χ0n) is 9.38. The summed E-state index contributed by atoms with van der Waals surface area (Å²) in [5.74, 6) is -2.23. The van der Waals surface area contributed by atoms with E-state index in [9.17, 15) is 18.0 Å². The Morgan fingerprint density at radius 1 is 1.39 bits per heavy atom. The third-order valence-corrected chi connectivity index (χ3v) is 2.46. The van der Waals surface area contributed by atoms with Crippen LogP contribution < -0.4 is 4.74 Å². The van der Waals surface area contributed by atoms with Gasteiger partial charge in [-0.3, -0.25) is 4.79 Å². The molecule has 0 aliphatic carbocycles. The van der Waals surface area contributed by atoms with E-state index in [0.29, 0.717) is 5.56 Å². The average molecular weight is 283 g/mol. The summed E-state index contributed by atoms with van der Waals surface area (Å²) >= 11 is 5.60. The second kappa shape index (κ2) is 6.49. The number of esters is 1. The lowest BCUT2D eigenvalue weighted by atomic mass is 10.0. The third-order valence-electron chi connectivity index (χ3n) is 2.18. The fourth-order valence-electron chi connectivity index (χ4n) is 1.34. The van der Waals surface area contributed by atoms with Crippen molar-refractivity contribution in [3.63, 3.8) is 0 Å². The number of rotatable bonds is 5. The molecule has 18 heavy (non-hydrogen) atoms. The van der Waals surface area contributed by atoms with Crippen LogP contribution >= 0.6 is 11.6 Å². The van der Waals surface area contributed by atoms with Crippen molar-refractivity contribution < 1.29 is 27.4 Å². The molecule has 0 aliphatic heterocycles. The van der Waals surface area contributed by atoms with Gasteiger partial charge in [0.1, 0.15) is 0 Å². The smallest absolute Gasteiger partial charge is 0.387 e. The Balaban J connectivity index is 3.06. The molecule has 0 saturated heterocycles. The number of hydrogen-bond donors (Lipinski definition) is 0. The topological polar surface area (TPSA) is 35.5 Å². The van der Waals surface area contributed by atoms with Crippen LogP contribution in [0.1, 0.15) is 11.1 Å². The zero-order chi connectivity index (χ0) is 13.7. The van der Waals surface area contributed by atoms with Crippen molar-refractivity contribution in [2.24, 2.45) is 0 Å². The normalized spacial score (nSPS) is 10.6. The van der Waals surface area contributed by atoms with Gasteiger partial charge in [0, 0.05) is 5.88 Å². The Morgan fingerprint density at radius 3 is 2.56 bits per heavy atom. The quantitative estimate of drug-likeness (QED) is 0.615. The van der Waals surface area contributed by atoms with Crippen LogP contribution in [0, 0.1) is 5.82 Å². The van der Waals surface area contributed by atoms with E-state index in [0.717, 1.165) is 12.1 Å². The van der Waals surface area contributed by atoms with Crippen molar-refractivity contribution in [3.05, 3.63) is 29.1 Å². The van der Waals surface area contributed by atoms with Crippen LogP contribution in [0.3, 0.4) is 0 Å². The summed E-state index contributed by atoms with van der Waals surface area (Å²) in [7, 11) is 1.19. The molecule has 0 saturated carbocycles. The molecule has 0 atom stereocenters. The second-order valence-electron chi connectivity index (χ2n) is 3.32. The number of alkyl halides is 3. The summed E-state index contributed by atoms with van der Waals surface area (Å²) in [6.45, 7) is -3.13. The lowest BCUT2D eigenvalue weighted by Crippen LogP contribution is -2.09. The molecule has 100 valence electrons. The molecule has 1 aromatic carbocycles. The van der Waals surface area contributed by atoms with Gasteiger partial charge in [-0.05, 0) is 23.3 Å². The van der Waals surface area contributed by atoms with Gasteiger partial charge in [0.15, 0.2) is 11.6 Å². The summed E-state index contributed by atoms with van der Waals surface area (Å²) in [4.78, 5) is 11.1. The van der Waals surface area contributed by atoms with Gasteiger partial charge in [-0.2, -0.15) is 8.78 Å². The molecule has 1 rings (SSSR count). The summed E-state index contributed by atoms with van der Waals surface area (Å²) in [6.07, 6.45) is -0.190. The maximum absolute atomic E-state index is 13.4. The molecule has 3 nitrogen and oxygen atoms in total. The first-order chi connectivity index (χ1) is 8.47. The van der Waals surface area contributed by atoms with E-state index in [-0.39, 0.29) is 17.9 Å². The maximum atomic E-state index is 13.4. The molecule has 0 spiro atoms. The predicted octanol–water partition coefficient (Wildman–Crippen LogP) is 2.88. The Kier molecular flexibility index (Phi) is 5.27. The van der Waals surface area contributed by atoms with Crippen LogP contribution in [0.25, 0.3) is 0 Å². The molecule has 0 aromatic heterocycles. The van der Waals surface area contributed by atoms with Crippen LogP contribution in [0.2, 0.25) is 0 Å². The number of carbonyl (C=O) groups excluding carboxylic acids is 1. The first-order valence-corrected chi connectivity index (χ1v) is 5.40. The molecule has 0 N–H and O–H groups in total. The molecule has 0 amide bonds. The van der Waals surface area contributed by atoms with Gasteiger partial charge in [0.2, 0.25) is 0 Å². The van der Waals surface area contributed by atoms with Crippen molar-refractivity contribution in [3.8, 4) is 5.75 Å². The van der Waals surface area contributed by atoms with Crippen molar-refractivity contribution in [1.82, 2.24) is 0 Å². The number of carbonyl (C=O) groups is 1. The van der Waals surface area contributed by atoms with Gasteiger partial charge in [0.25, 0.3) is 0 Å². The molecule has 0 fully saturated rings. The standard InChI is InChI=1S/C11H10ClF3O3/c1-17-10(16)4-6-2-8(13)9(18-11(14)15)3-7(6)5-12/h2-3,11H,4-5H2,1H3. The van der Waals surface area contributed by atoms with Crippen molar-refractivity contribution in [2.75, 3.05) is 7.11 Å². The van der Waals surface area contributed by atoms with Crippen LogP contribution in [-0.4, -0.2) is 19.7 Å². The molecule has 0 aliphatic rings. The van der Waals surface area contributed by atoms with Gasteiger partial charge in [-0.25, -0.2) is 4.39 Å². The van der Waals surface area contributed by atoms with Crippen molar-refractivity contribution in [1.29, 1.82) is 0 Å². The largest absolute Gasteiger partial charge is 0.469 e. The highest BCUT2D eigenvalue weighted by molar-refractivity contribution is 6.17. The average Bonchev–Trinajstić information content (AvgIpc) is 2.31. The maximum Gasteiger partial charge on any atom is 0.387 e. The van der Waals surface area contributed by atoms with Crippen LogP contribution in [0.15, 0.2) is 12.1 Å². The van der Waals surface area contributed by atoms with Gasteiger partial charge in [0.05, 0.1) is 13.5 Å². The predicted molar refractivity (Wildman–Crippen MR) is 58.3 cm³/mol. The Hall–Kier alpha value is -1.43. The lowest BCUT2D eigenvalue weighted by Gasteiger charge is -2.11. The third kappa shape index (κ3) is 3.80. The number of halogens is 4. The van der Waals surface area contributed by atoms with Gasteiger partial charge in [-0.1, -0.05) is 0 Å².